The van der Waals surface area contributed by atoms with Crippen molar-refractivity contribution in [3.8, 4) is 17.2 Å². The van der Waals surface area contributed by atoms with Gasteiger partial charge in [0.1, 0.15) is 11.2 Å². The first-order valence-corrected chi connectivity index (χ1v) is 18.7. The average Bonchev–Trinajstić information content (AvgIpc) is 3.88. The molecular formula is C48H25N3OS. The summed E-state index contributed by atoms with van der Waals surface area (Å²) in [6.07, 6.45) is 0. The summed E-state index contributed by atoms with van der Waals surface area (Å²) in [7, 11) is 0. The summed E-state index contributed by atoms with van der Waals surface area (Å²) in [4.78, 5) is 11.0. The van der Waals surface area contributed by atoms with E-state index >= 15 is 0 Å². The van der Waals surface area contributed by atoms with Crippen LogP contribution in [0.3, 0.4) is 0 Å². The van der Waals surface area contributed by atoms with Crippen LogP contribution in [0.1, 0.15) is 0 Å². The number of thiophene rings is 1. The van der Waals surface area contributed by atoms with Gasteiger partial charge in [0.05, 0.1) is 26.9 Å². The van der Waals surface area contributed by atoms with Gasteiger partial charge >= 0.3 is 0 Å². The van der Waals surface area contributed by atoms with Crippen molar-refractivity contribution in [3.63, 3.8) is 0 Å². The molecule has 0 saturated heterocycles. The SMILES string of the molecule is c1cc2ccc3cc(-c4nc(-n5c6ccccc6c6cc7c(ccc8oc9ccccc9c87)cc65)nc5c4sc4ccccc45)cc4ccc(c1)c2c34. The van der Waals surface area contributed by atoms with E-state index in [4.69, 9.17) is 14.4 Å². The van der Waals surface area contributed by atoms with Crippen LogP contribution >= 0.6 is 11.3 Å². The lowest BCUT2D eigenvalue weighted by Crippen LogP contribution is -2.02. The lowest BCUT2D eigenvalue weighted by atomic mass is 9.92. The van der Waals surface area contributed by atoms with Crippen molar-refractivity contribution in [3.05, 3.63) is 152 Å². The number of benzene rings is 9. The molecule has 244 valence electrons. The van der Waals surface area contributed by atoms with E-state index in [2.05, 4.69) is 144 Å². The second kappa shape index (κ2) is 9.94. The van der Waals surface area contributed by atoms with Crippen LogP contribution in [0, 0.1) is 0 Å². The molecule has 5 heteroatoms. The van der Waals surface area contributed by atoms with Gasteiger partial charge in [0, 0.05) is 37.2 Å². The van der Waals surface area contributed by atoms with Crippen LogP contribution in [0.25, 0.3) is 124 Å². The second-order valence-corrected chi connectivity index (χ2v) is 15.2. The summed E-state index contributed by atoms with van der Waals surface area (Å²) >= 11 is 1.77. The van der Waals surface area contributed by atoms with Gasteiger partial charge in [0.2, 0.25) is 5.95 Å². The Morgan fingerprint density at radius 1 is 0.453 bits per heavy atom. The van der Waals surface area contributed by atoms with Crippen molar-refractivity contribution >= 4 is 118 Å². The van der Waals surface area contributed by atoms with Gasteiger partial charge in [-0.1, -0.05) is 103 Å². The van der Waals surface area contributed by atoms with Crippen molar-refractivity contribution in [1.29, 1.82) is 0 Å². The van der Waals surface area contributed by atoms with Gasteiger partial charge < -0.3 is 4.42 Å². The first-order valence-electron chi connectivity index (χ1n) is 17.9. The Morgan fingerprint density at radius 3 is 2.00 bits per heavy atom. The van der Waals surface area contributed by atoms with E-state index in [0.717, 1.165) is 76.0 Å². The van der Waals surface area contributed by atoms with E-state index < -0.39 is 0 Å². The Kier molecular flexibility index (Phi) is 5.22. The van der Waals surface area contributed by atoms with Gasteiger partial charge in [0.25, 0.3) is 0 Å². The van der Waals surface area contributed by atoms with Crippen LogP contribution in [0.2, 0.25) is 0 Å². The van der Waals surface area contributed by atoms with E-state index in [-0.39, 0.29) is 0 Å². The van der Waals surface area contributed by atoms with Crippen molar-refractivity contribution in [2.75, 3.05) is 0 Å². The van der Waals surface area contributed by atoms with E-state index in [9.17, 15) is 0 Å². The highest BCUT2D eigenvalue weighted by molar-refractivity contribution is 7.26. The second-order valence-electron chi connectivity index (χ2n) is 14.1. The van der Waals surface area contributed by atoms with E-state index in [1.54, 1.807) is 11.3 Å². The third-order valence-electron chi connectivity index (χ3n) is 11.3. The number of fused-ring (bicyclic) bond motifs is 11. The van der Waals surface area contributed by atoms with Crippen LogP contribution in [0.5, 0.6) is 0 Å². The number of furan rings is 1. The zero-order valence-corrected chi connectivity index (χ0v) is 28.9. The molecule has 13 rings (SSSR count). The monoisotopic (exact) mass is 691 g/mol. The van der Waals surface area contributed by atoms with Gasteiger partial charge in [-0.05, 0) is 91.6 Å². The normalized spacial score (nSPS) is 12.5. The number of hydrogen-bond donors (Lipinski definition) is 0. The Balaban J connectivity index is 1.14. The third-order valence-corrected chi connectivity index (χ3v) is 12.5. The first kappa shape index (κ1) is 27.8. The summed E-state index contributed by atoms with van der Waals surface area (Å²) in [5, 5.41) is 15.7. The van der Waals surface area contributed by atoms with Crippen LogP contribution in [0.4, 0.5) is 0 Å². The third kappa shape index (κ3) is 3.69. The molecule has 4 aromatic heterocycles. The van der Waals surface area contributed by atoms with Crippen LogP contribution in [0.15, 0.2) is 156 Å². The number of para-hydroxylation sites is 2. The molecule has 0 spiro atoms. The van der Waals surface area contributed by atoms with Gasteiger partial charge in [-0.2, -0.15) is 0 Å². The number of hydrogen-bond acceptors (Lipinski definition) is 4. The first-order chi connectivity index (χ1) is 26.2. The standard InChI is InChI=1S/C48H25N3OS/c1-4-13-37-32(10-1)36-25-35-28(20-21-40-44(35)33-11-2-5-14-39(33)52-40)24-38(36)51(37)48-49-45(47-46(50-48)34-12-3-6-15-41(34)53-47)31-22-29-18-16-26-8-7-9-27-17-19-30(23-31)43(29)42(26)27/h1-25H. The van der Waals surface area contributed by atoms with Crippen molar-refractivity contribution in [2.45, 2.75) is 0 Å². The summed E-state index contributed by atoms with van der Waals surface area (Å²) in [5.74, 6) is 0.668. The molecule has 4 heterocycles. The molecule has 0 aliphatic rings. The summed E-state index contributed by atoms with van der Waals surface area (Å²) in [6.45, 7) is 0. The lowest BCUT2D eigenvalue weighted by Gasteiger charge is -2.14. The number of nitrogens with zero attached hydrogens (tertiary/aromatic N) is 3. The Hall–Kier alpha value is -6.82. The molecule has 0 saturated carbocycles. The minimum atomic E-state index is 0.668. The van der Waals surface area contributed by atoms with Crippen molar-refractivity contribution < 1.29 is 4.42 Å². The Labute approximate surface area is 305 Å². The molecule has 13 aromatic rings. The van der Waals surface area contributed by atoms with Gasteiger partial charge in [-0.15, -0.1) is 11.3 Å². The topological polar surface area (TPSA) is 43.9 Å². The molecule has 0 N–H and O–H groups in total. The minimum Gasteiger partial charge on any atom is -0.456 e. The maximum absolute atomic E-state index is 6.30. The van der Waals surface area contributed by atoms with Gasteiger partial charge in [-0.25, -0.2) is 9.97 Å². The highest BCUT2D eigenvalue weighted by Crippen LogP contribution is 2.44. The van der Waals surface area contributed by atoms with Crippen LogP contribution < -0.4 is 0 Å². The predicted molar refractivity (Wildman–Crippen MR) is 223 cm³/mol. The molecule has 4 nitrogen and oxygen atoms in total. The molecule has 0 aliphatic carbocycles. The molecule has 0 unspecified atom stereocenters. The number of aromatic nitrogens is 3. The van der Waals surface area contributed by atoms with E-state index in [0.29, 0.717) is 5.95 Å². The molecule has 0 radical (unpaired) electrons. The minimum absolute atomic E-state index is 0.668. The molecular weight excluding hydrogens is 667 g/mol. The molecule has 0 bridgehead atoms. The zero-order chi connectivity index (χ0) is 34.4. The van der Waals surface area contributed by atoms with E-state index in [1.807, 2.05) is 12.1 Å². The van der Waals surface area contributed by atoms with Crippen molar-refractivity contribution in [2.24, 2.45) is 0 Å². The average molecular weight is 692 g/mol. The molecule has 0 aliphatic heterocycles. The smallest absolute Gasteiger partial charge is 0.235 e. The fraction of sp³-hybridized carbons (Fsp3) is 0. The summed E-state index contributed by atoms with van der Waals surface area (Å²) < 4.78 is 10.9. The Morgan fingerprint density at radius 2 is 1.15 bits per heavy atom. The maximum Gasteiger partial charge on any atom is 0.235 e. The van der Waals surface area contributed by atoms with Crippen LogP contribution in [-0.4, -0.2) is 14.5 Å². The number of rotatable bonds is 2. The van der Waals surface area contributed by atoms with Gasteiger partial charge in [0.15, 0.2) is 0 Å². The van der Waals surface area contributed by atoms with E-state index in [1.165, 1.54) is 42.4 Å². The summed E-state index contributed by atoms with van der Waals surface area (Å²) in [5.41, 5.74) is 6.98. The molecule has 0 atom stereocenters. The van der Waals surface area contributed by atoms with Gasteiger partial charge in [-0.3, -0.25) is 4.57 Å². The highest BCUT2D eigenvalue weighted by atomic mass is 32.1. The lowest BCUT2D eigenvalue weighted by molar-refractivity contribution is 0.669. The van der Waals surface area contributed by atoms with Crippen molar-refractivity contribution in [1.82, 2.24) is 14.5 Å². The fourth-order valence-electron chi connectivity index (χ4n) is 8.99. The largest absolute Gasteiger partial charge is 0.456 e. The predicted octanol–water partition coefficient (Wildman–Crippen LogP) is 13.6. The molecule has 0 fully saturated rings. The maximum atomic E-state index is 6.30. The molecule has 53 heavy (non-hydrogen) atoms. The quantitative estimate of drug-likeness (QED) is 0.170. The Bertz CT molecular complexity index is 3640. The fourth-order valence-corrected chi connectivity index (χ4v) is 10.1. The molecule has 0 amide bonds. The van der Waals surface area contributed by atoms with Crippen LogP contribution in [-0.2, 0) is 0 Å². The summed E-state index contributed by atoms with van der Waals surface area (Å²) in [6, 6.07) is 54.7. The highest BCUT2D eigenvalue weighted by Gasteiger charge is 2.22. The molecule has 9 aromatic carbocycles. The zero-order valence-electron chi connectivity index (χ0n) is 28.1.